The van der Waals surface area contributed by atoms with Gasteiger partial charge in [0.1, 0.15) is 10.0 Å². The maximum Gasteiger partial charge on any atom is 0.242 e. The van der Waals surface area contributed by atoms with Crippen molar-refractivity contribution < 1.29 is 13.5 Å². The maximum absolute atomic E-state index is 12.0. The van der Waals surface area contributed by atoms with Crippen LogP contribution < -0.4 is 4.72 Å². The molecule has 1 unspecified atom stereocenters. The number of halogens is 2. The summed E-state index contributed by atoms with van der Waals surface area (Å²) in [5.74, 6) is 0.0931. The molecule has 0 radical (unpaired) electrons. The molecule has 0 bridgehead atoms. The van der Waals surface area contributed by atoms with Gasteiger partial charge in [0.15, 0.2) is 0 Å². The van der Waals surface area contributed by atoms with E-state index in [0.717, 1.165) is 12.6 Å². The maximum atomic E-state index is 12.0. The van der Waals surface area contributed by atoms with Gasteiger partial charge in [0.2, 0.25) is 10.0 Å². The molecule has 8 heteroatoms. The Morgan fingerprint density at radius 1 is 1.47 bits per heavy atom. The first-order chi connectivity index (χ1) is 8.90. The summed E-state index contributed by atoms with van der Waals surface area (Å²) in [6.45, 7) is 2.24. The number of aromatic nitrogens is 1. The molecule has 1 atom stereocenters. The van der Waals surface area contributed by atoms with Crippen molar-refractivity contribution >= 4 is 33.2 Å². The van der Waals surface area contributed by atoms with Gasteiger partial charge in [0.25, 0.3) is 0 Å². The van der Waals surface area contributed by atoms with E-state index in [9.17, 15) is 8.42 Å². The van der Waals surface area contributed by atoms with Crippen LogP contribution in [0, 0.1) is 5.92 Å². The molecule has 1 aromatic heterocycles. The largest absolute Gasteiger partial charge is 0.396 e. The Morgan fingerprint density at radius 3 is 2.68 bits per heavy atom. The third-order valence-corrected chi connectivity index (χ3v) is 4.83. The van der Waals surface area contributed by atoms with Gasteiger partial charge in [-0.1, -0.05) is 36.5 Å². The number of nitrogens with zero attached hydrogens (tertiary/aromatic N) is 1. The molecule has 0 amide bonds. The fourth-order valence-corrected chi connectivity index (χ4v) is 2.92. The summed E-state index contributed by atoms with van der Waals surface area (Å²) in [7, 11) is -3.66. The van der Waals surface area contributed by atoms with Crippen molar-refractivity contribution in [2.75, 3.05) is 13.2 Å². The van der Waals surface area contributed by atoms with Gasteiger partial charge in [-0.2, -0.15) is 0 Å². The second-order valence-corrected chi connectivity index (χ2v) is 6.61. The van der Waals surface area contributed by atoms with Crippen molar-refractivity contribution in [3.63, 3.8) is 0 Å². The fraction of sp³-hybridized carbons (Fsp3) is 0.545. The number of pyridine rings is 1. The van der Waals surface area contributed by atoms with Gasteiger partial charge in [0, 0.05) is 19.3 Å². The highest BCUT2D eigenvalue weighted by atomic mass is 35.5. The predicted molar refractivity (Wildman–Crippen MR) is 74.9 cm³/mol. The van der Waals surface area contributed by atoms with Crippen LogP contribution >= 0.6 is 23.2 Å². The van der Waals surface area contributed by atoms with Gasteiger partial charge in [0.05, 0.1) is 5.02 Å². The number of hydrogen-bond donors (Lipinski definition) is 2. The van der Waals surface area contributed by atoms with Gasteiger partial charge in [-0.25, -0.2) is 18.1 Å². The number of aliphatic hydroxyl groups excluding tert-OH is 1. The molecule has 1 rings (SSSR count). The summed E-state index contributed by atoms with van der Waals surface area (Å²) in [5, 5.41) is 9.01. The van der Waals surface area contributed by atoms with Gasteiger partial charge >= 0.3 is 0 Å². The monoisotopic (exact) mass is 326 g/mol. The smallest absolute Gasteiger partial charge is 0.242 e. The van der Waals surface area contributed by atoms with Crippen LogP contribution in [-0.2, 0) is 10.0 Å². The van der Waals surface area contributed by atoms with E-state index in [-0.39, 0.29) is 34.1 Å². The second-order valence-electron chi connectivity index (χ2n) is 4.08. The average Bonchev–Trinajstić information content (AvgIpc) is 2.37. The lowest BCUT2D eigenvalue weighted by molar-refractivity contribution is 0.254. The zero-order valence-corrected chi connectivity index (χ0v) is 12.8. The summed E-state index contributed by atoms with van der Waals surface area (Å²) in [6.07, 6.45) is 2.49. The number of rotatable bonds is 7. The van der Waals surface area contributed by atoms with E-state index in [2.05, 4.69) is 9.71 Å². The van der Waals surface area contributed by atoms with Crippen LogP contribution in [0.15, 0.2) is 17.2 Å². The van der Waals surface area contributed by atoms with Crippen LogP contribution in [0.4, 0.5) is 0 Å². The van der Waals surface area contributed by atoms with Gasteiger partial charge in [-0.15, -0.1) is 0 Å². The SMILES string of the molecule is CCC(CCO)CNS(=O)(=O)c1cnc(Cl)c(Cl)c1. The Kier molecular flexibility index (Phi) is 6.49. The topological polar surface area (TPSA) is 79.3 Å². The minimum Gasteiger partial charge on any atom is -0.396 e. The summed E-state index contributed by atoms with van der Waals surface area (Å²) < 4.78 is 26.5. The van der Waals surface area contributed by atoms with Crippen LogP contribution in [0.1, 0.15) is 19.8 Å². The summed E-state index contributed by atoms with van der Waals surface area (Å²) in [6, 6.07) is 1.26. The molecule has 19 heavy (non-hydrogen) atoms. The van der Waals surface area contributed by atoms with E-state index in [4.69, 9.17) is 28.3 Å². The quantitative estimate of drug-likeness (QED) is 0.752. The molecule has 1 heterocycles. The predicted octanol–water partition coefficient (Wildman–Crippen LogP) is 2.08. The van der Waals surface area contributed by atoms with Crippen LogP contribution in [0.25, 0.3) is 0 Å². The summed E-state index contributed by atoms with van der Waals surface area (Å²) in [5.41, 5.74) is 0. The van der Waals surface area contributed by atoms with Gasteiger partial charge < -0.3 is 5.11 Å². The normalized spacial score (nSPS) is 13.5. The lowest BCUT2D eigenvalue weighted by Gasteiger charge is -2.14. The molecule has 0 aromatic carbocycles. The number of sulfonamides is 1. The molecule has 0 fully saturated rings. The zero-order valence-electron chi connectivity index (χ0n) is 10.4. The molecule has 5 nitrogen and oxygen atoms in total. The van der Waals surface area contributed by atoms with Crippen LogP contribution in [-0.4, -0.2) is 31.7 Å². The second kappa shape index (κ2) is 7.40. The van der Waals surface area contributed by atoms with Crippen molar-refractivity contribution in [2.45, 2.75) is 24.7 Å². The third kappa shape index (κ3) is 4.89. The van der Waals surface area contributed by atoms with E-state index >= 15 is 0 Å². The number of aliphatic hydroxyl groups is 1. The molecular weight excluding hydrogens is 311 g/mol. The molecule has 0 saturated heterocycles. The lowest BCUT2D eigenvalue weighted by atomic mass is 10.0. The molecule has 108 valence electrons. The first kappa shape index (κ1) is 16.7. The molecule has 0 aliphatic heterocycles. The Labute approximate surface area is 123 Å². The lowest BCUT2D eigenvalue weighted by Crippen LogP contribution is -2.29. The Bertz CT molecular complexity index is 523. The third-order valence-electron chi connectivity index (χ3n) is 2.76. The van der Waals surface area contributed by atoms with Crippen LogP contribution in [0.5, 0.6) is 0 Å². The van der Waals surface area contributed by atoms with E-state index in [1.165, 1.54) is 6.07 Å². The minimum absolute atomic E-state index is 0.0271. The molecule has 0 aliphatic rings. The standard InChI is InChI=1S/C11H16Cl2N2O3S/c1-2-8(3-4-16)6-15-19(17,18)9-5-10(12)11(13)14-7-9/h5,7-8,15-16H,2-4,6H2,1H3. The molecule has 1 aromatic rings. The number of hydrogen-bond acceptors (Lipinski definition) is 4. The van der Waals surface area contributed by atoms with E-state index in [1.54, 1.807) is 0 Å². The molecule has 0 spiro atoms. The molecule has 0 saturated carbocycles. The molecule has 0 aliphatic carbocycles. The molecular formula is C11H16Cl2N2O3S. The van der Waals surface area contributed by atoms with E-state index < -0.39 is 10.0 Å². The van der Waals surface area contributed by atoms with Gasteiger partial charge in [-0.05, 0) is 18.4 Å². The van der Waals surface area contributed by atoms with Gasteiger partial charge in [-0.3, -0.25) is 0 Å². The Morgan fingerprint density at radius 2 is 2.16 bits per heavy atom. The van der Waals surface area contributed by atoms with E-state index in [0.29, 0.717) is 6.42 Å². The van der Waals surface area contributed by atoms with Crippen molar-refractivity contribution in [3.05, 3.63) is 22.4 Å². The minimum atomic E-state index is -3.66. The fourth-order valence-electron chi connectivity index (χ4n) is 1.49. The zero-order chi connectivity index (χ0) is 14.5. The van der Waals surface area contributed by atoms with Crippen molar-refractivity contribution in [1.29, 1.82) is 0 Å². The van der Waals surface area contributed by atoms with E-state index in [1.807, 2.05) is 6.92 Å². The highest BCUT2D eigenvalue weighted by Gasteiger charge is 2.17. The highest BCUT2D eigenvalue weighted by Crippen LogP contribution is 2.22. The van der Waals surface area contributed by atoms with Crippen molar-refractivity contribution in [2.24, 2.45) is 5.92 Å². The summed E-state index contributed by atoms with van der Waals surface area (Å²) >= 11 is 11.4. The van der Waals surface area contributed by atoms with Crippen molar-refractivity contribution in [3.8, 4) is 0 Å². The Hall–Kier alpha value is -0.400. The van der Waals surface area contributed by atoms with Crippen LogP contribution in [0.2, 0.25) is 10.2 Å². The average molecular weight is 327 g/mol. The molecule has 2 N–H and O–H groups in total. The first-order valence-corrected chi connectivity index (χ1v) is 8.06. The highest BCUT2D eigenvalue weighted by molar-refractivity contribution is 7.89. The Balaban J connectivity index is 2.78. The first-order valence-electron chi connectivity index (χ1n) is 5.82. The number of nitrogens with one attached hydrogen (secondary N) is 1. The van der Waals surface area contributed by atoms with Crippen LogP contribution in [0.3, 0.4) is 0 Å². The summed E-state index contributed by atoms with van der Waals surface area (Å²) in [4.78, 5) is 3.68. The van der Waals surface area contributed by atoms with Crippen molar-refractivity contribution in [1.82, 2.24) is 9.71 Å².